The van der Waals surface area contributed by atoms with Crippen molar-refractivity contribution in [1.29, 1.82) is 0 Å². The Labute approximate surface area is 115 Å². The molecule has 1 aliphatic heterocycles. The zero-order valence-electron chi connectivity index (χ0n) is 11.8. The van der Waals surface area contributed by atoms with Crippen LogP contribution in [0.1, 0.15) is 11.7 Å². The number of aliphatic hydroxyl groups excluding tert-OH is 1. The summed E-state index contributed by atoms with van der Waals surface area (Å²) < 4.78 is 5.74. The number of morpholine rings is 1. The molecule has 1 saturated heterocycles. The molecule has 2 atom stereocenters. The van der Waals surface area contributed by atoms with E-state index in [0.717, 1.165) is 31.8 Å². The van der Waals surface area contributed by atoms with Gasteiger partial charge in [-0.3, -0.25) is 4.90 Å². The van der Waals surface area contributed by atoms with Crippen molar-refractivity contribution in [3.8, 4) is 0 Å². The fourth-order valence-electron chi connectivity index (χ4n) is 2.49. The topological polar surface area (TPSA) is 35.9 Å². The molecule has 0 aromatic heterocycles. The summed E-state index contributed by atoms with van der Waals surface area (Å²) in [6, 6.07) is 9.85. The molecule has 19 heavy (non-hydrogen) atoms. The second-order valence-electron chi connectivity index (χ2n) is 5.44. The molecule has 1 N–H and O–H groups in total. The lowest BCUT2D eigenvalue weighted by molar-refractivity contribution is -0.0489. The predicted molar refractivity (Wildman–Crippen MR) is 76.1 cm³/mol. The summed E-state index contributed by atoms with van der Waals surface area (Å²) in [6.45, 7) is 4.14. The Balaban J connectivity index is 1.85. The summed E-state index contributed by atoms with van der Waals surface area (Å²) in [5.41, 5.74) is 0.984. The third-order valence-corrected chi connectivity index (χ3v) is 3.41. The number of ether oxygens (including phenoxy) is 1. The van der Waals surface area contributed by atoms with Crippen LogP contribution in [0.4, 0.5) is 0 Å². The fraction of sp³-hybridized carbons (Fsp3) is 0.600. The summed E-state index contributed by atoms with van der Waals surface area (Å²) in [6.07, 6.45) is -0.175. The van der Waals surface area contributed by atoms with Crippen LogP contribution in [0.3, 0.4) is 0 Å². The van der Waals surface area contributed by atoms with E-state index in [9.17, 15) is 5.11 Å². The molecule has 0 aliphatic carbocycles. The lowest BCUT2D eigenvalue weighted by atomic mass is 10.1. The van der Waals surface area contributed by atoms with Crippen LogP contribution in [-0.2, 0) is 4.74 Å². The number of β-amino-alcohol motifs (C(OH)–C–C–N with tert-alkyl or cyclic N) is 1. The second kappa shape index (κ2) is 7.01. The van der Waals surface area contributed by atoms with Crippen LogP contribution < -0.4 is 0 Å². The average molecular weight is 264 g/mol. The number of hydrogen-bond donors (Lipinski definition) is 1. The maximum absolute atomic E-state index is 10.2. The van der Waals surface area contributed by atoms with Gasteiger partial charge in [0.15, 0.2) is 0 Å². The number of benzene rings is 1. The van der Waals surface area contributed by atoms with E-state index >= 15 is 0 Å². The van der Waals surface area contributed by atoms with E-state index in [0.29, 0.717) is 6.54 Å². The lowest BCUT2D eigenvalue weighted by Gasteiger charge is -2.35. The predicted octanol–water partition coefficient (Wildman–Crippen LogP) is 0.982. The highest BCUT2D eigenvalue weighted by atomic mass is 16.5. The van der Waals surface area contributed by atoms with E-state index in [4.69, 9.17) is 4.74 Å². The molecule has 1 heterocycles. The molecular weight excluding hydrogens is 240 g/mol. The van der Waals surface area contributed by atoms with E-state index in [-0.39, 0.29) is 6.10 Å². The van der Waals surface area contributed by atoms with Gasteiger partial charge in [0.25, 0.3) is 0 Å². The third-order valence-electron chi connectivity index (χ3n) is 3.41. The van der Waals surface area contributed by atoms with Gasteiger partial charge in [-0.05, 0) is 19.7 Å². The normalized spacial score (nSPS) is 22.6. The molecule has 1 aliphatic rings. The molecule has 0 radical (unpaired) electrons. The number of nitrogens with zero attached hydrogens (tertiary/aromatic N) is 2. The van der Waals surface area contributed by atoms with Crippen LogP contribution in [0.15, 0.2) is 30.3 Å². The van der Waals surface area contributed by atoms with Gasteiger partial charge < -0.3 is 14.7 Å². The SMILES string of the molecule is CN(C)C[C@H]1CN(C[C@H](O)c2ccccc2)CCO1. The summed E-state index contributed by atoms with van der Waals surface area (Å²) in [4.78, 5) is 4.43. The van der Waals surface area contributed by atoms with Crippen LogP contribution in [-0.4, -0.2) is 67.9 Å². The molecule has 2 rings (SSSR count). The van der Waals surface area contributed by atoms with Gasteiger partial charge in [-0.2, -0.15) is 0 Å². The van der Waals surface area contributed by atoms with Gasteiger partial charge in [0.1, 0.15) is 0 Å². The highest BCUT2D eigenvalue weighted by Crippen LogP contribution is 2.15. The molecule has 1 fully saturated rings. The molecule has 1 aromatic rings. The summed E-state index contributed by atoms with van der Waals surface area (Å²) in [5, 5.41) is 10.2. The Morgan fingerprint density at radius 3 is 2.79 bits per heavy atom. The van der Waals surface area contributed by atoms with E-state index in [1.807, 2.05) is 30.3 Å². The molecule has 4 heteroatoms. The minimum absolute atomic E-state index is 0.242. The Morgan fingerprint density at radius 2 is 2.11 bits per heavy atom. The molecular formula is C15H24N2O2. The standard InChI is InChI=1S/C15H24N2O2/c1-16(2)10-14-11-17(8-9-19-14)12-15(18)13-6-4-3-5-7-13/h3-7,14-15,18H,8-12H2,1-2H3/t14-,15-/m0/s1. The zero-order valence-corrected chi connectivity index (χ0v) is 11.8. The van der Waals surface area contributed by atoms with Crippen LogP contribution in [0.2, 0.25) is 0 Å². The van der Waals surface area contributed by atoms with Gasteiger partial charge in [-0.1, -0.05) is 30.3 Å². The first kappa shape index (κ1) is 14.5. The van der Waals surface area contributed by atoms with E-state index in [1.54, 1.807) is 0 Å². The van der Waals surface area contributed by atoms with E-state index < -0.39 is 6.10 Å². The van der Waals surface area contributed by atoms with Gasteiger partial charge in [-0.15, -0.1) is 0 Å². The molecule has 0 saturated carbocycles. The summed E-state index contributed by atoms with van der Waals surface area (Å²) >= 11 is 0. The Kier molecular flexibility index (Phi) is 5.34. The quantitative estimate of drug-likeness (QED) is 0.860. The summed E-state index contributed by atoms with van der Waals surface area (Å²) in [5.74, 6) is 0. The minimum atomic E-state index is -0.417. The first-order chi connectivity index (χ1) is 9.15. The first-order valence-corrected chi connectivity index (χ1v) is 6.87. The largest absolute Gasteiger partial charge is 0.387 e. The molecule has 0 unspecified atom stereocenters. The van der Waals surface area contributed by atoms with Crippen molar-refractivity contribution in [2.24, 2.45) is 0 Å². The van der Waals surface area contributed by atoms with Gasteiger partial charge in [-0.25, -0.2) is 0 Å². The maximum atomic E-state index is 10.2. The number of likely N-dealkylation sites (N-methyl/N-ethyl adjacent to an activating group) is 1. The average Bonchev–Trinajstić information content (AvgIpc) is 2.39. The maximum Gasteiger partial charge on any atom is 0.0916 e. The Hall–Kier alpha value is -0.940. The number of hydrogen-bond acceptors (Lipinski definition) is 4. The van der Waals surface area contributed by atoms with Gasteiger partial charge in [0, 0.05) is 26.2 Å². The first-order valence-electron chi connectivity index (χ1n) is 6.87. The van der Waals surface area contributed by atoms with Crippen molar-refractivity contribution in [3.05, 3.63) is 35.9 Å². The number of rotatable bonds is 5. The van der Waals surface area contributed by atoms with Crippen molar-refractivity contribution in [1.82, 2.24) is 9.80 Å². The van der Waals surface area contributed by atoms with Crippen LogP contribution >= 0.6 is 0 Å². The number of aliphatic hydroxyl groups is 1. The second-order valence-corrected chi connectivity index (χ2v) is 5.44. The highest BCUT2D eigenvalue weighted by molar-refractivity contribution is 5.17. The molecule has 106 valence electrons. The Morgan fingerprint density at radius 1 is 1.37 bits per heavy atom. The van der Waals surface area contributed by atoms with Crippen molar-refractivity contribution < 1.29 is 9.84 Å². The van der Waals surface area contributed by atoms with Crippen LogP contribution in [0, 0.1) is 0 Å². The van der Waals surface area contributed by atoms with Crippen molar-refractivity contribution in [2.45, 2.75) is 12.2 Å². The van der Waals surface area contributed by atoms with E-state index in [2.05, 4.69) is 23.9 Å². The lowest BCUT2D eigenvalue weighted by Crippen LogP contribution is -2.47. The monoisotopic (exact) mass is 264 g/mol. The van der Waals surface area contributed by atoms with Crippen molar-refractivity contribution >= 4 is 0 Å². The zero-order chi connectivity index (χ0) is 13.7. The van der Waals surface area contributed by atoms with Gasteiger partial charge >= 0.3 is 0 Å². The van der Waals surface area contributed by atoms with Crippen molar-refractivity contribution in [2.75, 3.05) is 46.9 Å². The third kappa shape index (κ3) is 4.58. The van der Waals surface area contributed by atoms with Crippen LogP contribution in [0.5, 0.6) is 0 Å². The highest BCUT2D eigenvalue weighted by Gasteiger charge is 2.23. The molecule has 4 nitrogen and oxygen atoms in total. The minimum Gasteiger partial charge on any atom is -0.387 e. The van der Waals surface area contributed by atoms with Crippen LogP contribution in [0.25, 0.3) is 0 Å². The molecule has 0 amide bonds. The Bertz CT molecular complexity index is 370. The molecule has 0 bridgehead atoms. The van der Waals surface area contributed by atoms with Gasteiger partial charge in [0.05, 0.1) is 18.8 Å². The molecule has 1 aromatic carbocycles. The van der Waals surface area contributed by atoms with Crippen molar-refractivity contribution in [3.63, 3.8) is 0 Å². The van der Waals surface area contributed by atoms with Gasteiger partial charge in [0.2, 0.25) is 0 Å². The summed E-state index contributed by atoms with van der Waals surface area (Å²) in [7, 11) is 4.11. The molecule has 0 spiro atoms. The fourth-order valence-corrected chi connectivity index (χ4v) is 2.49. The smallest absolute Gasteiger partial charge is 0.0916 e. The van der Waals surface area contributed by atoms with E-state index in [1.165, 1.54) is 0 Å².